The highest BCUT2D eigenvalue weighted by atomic mass is 35.5. The fourth-order valence-electron chi connectivity index (χ4n) is 3.75. The molecule has 0 aromatic heterocycles. The summed E-state index contributed by atoms with van der Waals surface area (Å²) < 4.78 is 53.0. The molecular weight excluding hydrogens is 515 g/mol. The lowest BCUT2D eigenvalue weighted by atomic mass is 9.82. The first-order valence-electron chi connectivity index (χ1n) is 10.2. The van der Waals surface area contributed by atoms with Crippen molar-refractivity contribution in [2.45, 2.75) is 37.5 Å². The maximum Gasteiger partial charge on any atom is 0.397 e. The second kappa shape index (κ2) is 11.7. The Bertz CT molecular complexity index is 1080. The Kier molecular flexibility index (Phi) is 9.51. The van der Waals surface area contributed by atoms with Crippen molar-refractivity contribution < 1.29 is 37.1 Å². The molecule has 0 aliphatic heterocycles. The highest BCUT2D eigenvalue weighted by Crippen LogP contribution is 2.39. The van der Waals surface area contributed by atoms with E-state index in [1.165, 1.54) is 36.4 Å². The summed E-state index contributed by atoms with van der Waals surface area (Å²) in [4.78, 5) is 37.4. The van der Waals surface area contributed by atoms with Crippen molar-refractivity contribution in [3.63, 3.8) is 0 Å². The Morgan fingerprint density at radius 3 is 2.29 bits per heavy atom. The number of carbonyl (C=O) groups excluding carboxylic acids is 3. The van der Waals surface area contributed by atoms with E-state index < -0.39 is 49.0 Å². The van der Waals surface area contributed by atoms with E-state index in [2.05, 4.69) is 0 Å². The van der Waals surface area contributed by atoms with Crippen LogP contribution in [0.2, 0.25) is 10.0 Å². The molecule has 0 heterocycles. The fourth-order valence-corrected chi connectivity index (χ4v) is 4.05. The standard InChI is InChI=1S/C23H22Cl2F4N2O4/c1-30(20(33)12-23(27,28)29)14-22(9-4-10-32,16-7-8-17(24)18(25)11-16)31(21(34)35)13-15-5-2-3-6-19(15)26/h2-3,5-8,10-11H,4,9,12-14H2,1H3,(H,34,35)/p-1/t22-/m1/s1. The smallest absolute Gasteiger partial charge is 0.397 e. The summed E-state index contributed by atoms with van der Waals surface area (Å²) in [7, 11) is 1.07. The minimum Gasteiger partial charge on any atom is -0.530 e. The third kappa shape index (κ3) is 7.32. The largest absolute Gasteiger partial charge is 0.530 e. The fraction of sp³-hybridized carbons (Fsp3) is 0.348. The normalized spacial score (nSPS) is 13.1. The predicted octanol–water partition coefficient (Wildman–Crippen LogP) is 4.56. The molecule has 0 saturated heterocycles. The first-order chi connectivity index (χ1) is 16.3. The number of nitrogens with zero attached hydrogens (tertiary/aromatic N) is 2. The van der Waals surface area contributed by atoms with E-state index in [0.29, 0.717) is 16.1 Å². The quantitative estimate of drug-likeness (QED) is 0.330. The van der Waals surface area contributed by atoms with E-state index in [0.717, 1.165) is 13.1 Å². The van der Waals surface area contributed by atoms with Crippen LogP contribution < -0.4 is 5.11 Å². The van der Waals surface area contributed by atoms with Crippen LogP contribution in [0.25, 0.3) is 0 Å². The minimum absolute atomic E-state index is 0.00638. The maximum atomic E-state index is 14.4. The zero-order valence-corrected chi connectivity index (χ0v) is 20.0. The number of amides is 2. The van der Waals surface area contributed by atoms with Crippen molar-refractivity contribution >= 4 is 41.5 Å². The molecule has 2 rings (SSSR count). The lowest BCUT2D eigenvalue weighted by Gasteiger charge is -2.48. The molecule has 0 fully saturated rings. The number of aldehydes is 1. The third-order valence-electron chi connectivity index (χ3n) is 5.43. The van der Waals surface area contributed by atoms with Crippen LogP contribution in [0.4, 0.5) is 22.4 Å². The predicted molar refractivity (Wildman–Crippen MR) is 119 cm³/mol. The van der Waals surface area contributed by atoms with Gasteiger partial charge in [0.15, 0.2) is 0 Å². The van der Waals surface area contributed by atoms with Crippen LogP contribution in [-0.2, 0) is 21.7 Å². The molecule has 0 aliphatic carbocycles. The maximum absolute atomic E-state index is 14.4. The van der Waals surface area contributed by atoms with Gasteiger partial charge < -0.3 is 24.5 Å². The summed E-state index contributed by atoms with van der Waals surface area (Å²) in [5, 5.41) is 12.5. The molecule has 0 saturated carbocycles. The van der Waals surface area contributed by atoms with Gasteiger partial charge in [0.1, 0.15) is 24.6 Å². The molecule has 2 aromatic carbocycles. The number of likely N-dealkylation sites (N-methyl/N-ethyl adjacent to an activating group) is 1. The summed E-state index contributed by atoms with van der Waals surface area (Å²) in [5.74, 6) is -2.07. The van der Waals surface area contributed by atoms with E-state index in [1.807, 2.05) is 0 Å². The first kappa shape index (κ1) is 28.4. The van der Waals surface area contributed by atoms with Gasteiger partial charge in [0, 0.05) is 32.1 Å². The SMILES string of the molecule is CN(C[C@](CCC=O)(c1ccc(Cl)c(Cl)c1)N(Cc1ccccc1F)C(=O)[O-])C(=O)CC(F)(F)F. The zero-order valence-electron chi connectivity index (χ0n) is 18.4. The number of hydrogen-bond acceptors (Lipinski definition) is 4. The number of hydrogen-bond donors (Lipinski definition) is 0. The number of carbonyl (C=O) groups is 3. The monoisotopic (exact) mass is 535 g/mol. The minimum atomic E-state index is -4.80. The number of benzene rings is 2. The van der Waals surface area contributed by atoms with Crippen molar-refractivity contribution in [1.29, 1.82) is 0 Å². The zero-order chi connectivity index (χ0) is 26.4. The molecule has 6 nitrogen and oxygen atoms in total. The Labute approximate surface area is 209 Å². The molecule has 2 amide bonds. The number of rotatable bonds is 10. The molecule has 0 radical (unpaired) electrons. The van der Waals surface area contributed by atoms with Gasteiger partial charge in [-0.15, -0.1) is 0 Å². The number of halogens is 6. The van der Waals surface area contributed by atoms with Gasteiger partial charge in [-0.25, -0.2) is 4.39 Å². The first-order valence-corrected chi connectivity index (χ1v) is 11.0. The molecule has 0 unspecified atom stereocenters. The van der Waals surface area contributed by atoms with Gasteiger partial charge >= 0.3 is 6.18 Å². The summed E-state index contributed by atoms with van der Waals surface area (Å²) in [5.41, 5.74) is -1.77. The van der Waals surface area contributed by atoms with Crippen LogP contribution >= 0.6 is 23.2 Å². The van der Waals surface area contributed by atoms with Gasteiger partial charge in [-0.3, -0.25) is 4.79 Å². The molecule has 0 bridgehead atoms. The summed E-state index contributed by atoms with van der Waals surface area (Å²) in [6.45, 7) is -1.20. The van der Waals surface area contributed by atoms with Crippen LogP contribution in [0.5, 0.6) is 0 Å². The lowest BCUT2D eigenvalue weighted by Crippen LogP contribution is -2.59. The average Bonchev–Trinajstić information content (AvgIpc) is 2.76. The molecule has 0 N–H and O–H groups in total. The summed E-state index contributed by atoms with van der Waals surface area (Å²) in [6.07, 6.45) is -8.43. The van der Waals surface area contributed by atoms with Crippen molar-refractivity contribution in [2.24, 2.45) is 0 Å². The van der Waals surface area contributed by atoms with E-state index >= 15 is 0 Å². The molecule has 2 aromatic rings. The number of carboxylic acid groups (broad SMARTS) is 1. The Hall–Kier alpha value is -2.85. The van der Waals surface area contributed by atoms with Gasteiger partial charge in [-0.05, 0) is 30.2 Å². The van der Waals surface area contributed by atoms with Crippen LogP contribution in [0, 0.1) is 5.82 Å². The molecule has 0 spiro atoms. The highest BCUT2D eigenvalue weighted by Gasteiger charge is 2.42. The second-order valence-corrected chi connectivity index (χ2v) is 8.67. The van der Waals surface area contributed by atoms with Crippen molar-refractivity contribution in [1.82, 2.24) is 9.80 Å². The molecule has 1 atom stereocenters. The van der Waals surface area contributed by atoms with Gasteiger partial charge in [0.25, 0.3) is 0 Å². The molecule has 0 aliphatic rings. The molecular formula is C23H21Cl2F4N2O4-. The Balaban J connectivity index is 2.71. The van der Waals surface area contributed by atoms with Crippen molar-refractivity contribution in [2.75, 3.05) is 13.6 Å². The number of alkyl halides is 3. The Morgan fingerprint density at radius 2 is 1.74 bits per heavy atom. The van der Waals surface area contributed by atoms with E-state index in [-0.39, 0.29) is 34.0 Å². The van der Waals surface area contributed by atoms with E-state index in [9.17, 15) is 37.1 Å². The topological polar surface area (TPSA) is 80.8 Å². The lowest BCUT2D eigenvalue weighted by molar-refractivity contribution is -0.274. The summed E-state index contributed by atoms with van der Waals surface area (Å²) in [6, 6.07) is 9.29. The third-order valence-corrected chi connectivity index (χ3v) is 6.17. The van der Waals surface area contributed by atoms with E-state index in [4.69, 9.17) is 23.2 Å². The second-order valence-electron chi connectivity index (χ2n) is 7.85. The van der Waals surface area contributed by atoms with Crippen LogP contribution in [0.15, 0.2) is 42.5 Å². The van der Waals surface area contributed by atoms with Gasteiger partial charge in [0.05, 0.1) is 15.6 Å². The molecule has 190 valence electrons. The van der Waals surface area contributed by atoms with Crippen LogP contribution in [0.3, 0.4) is 0 Å². The van der Waals surface area contributed by atoms with E-state index in [1.54, 1.807) is 0 Å². The highest BCUT2D eigenvalue weighted by molar-refractivity contribution is 6.42. The van der Waals surface area contributed by atoms with Gasteiger partial charge in [-0.1, -0.05) is 47.5 Å². The average molecular weight is 536 g/mol. The van der Waals surface area contributed by atoms with Crippen molar-refractivity contribution in [3.8, 4) is 0 Å². The molecule has 35 heavy (non-hydrogen) atoms. The summed E-state index contributed by atoms with van der Waals surface area (Å²) >= 11 is 12.1. The van der Waals surface area contributed by atoms with Gasteiger partial charge in [0.2, 0.25) is 5.91 Å². The Morgan fingerprint density at radius 1 is 1.09 bits per heavy atom. The molecule has 12 heteroatoms. The van der Waals surface area contributed by atoms with Crippen molar-refractivity contribution in [3.05, 3.63) is 69.5 Å². The van der Waals surface area contributed by atoms with Crippen LogP contribution in [-0.4, -0.2) is 47.9 Å². The van der Waals surface area contributed by atoms with Crippen LogP contribution in [0.1, 0.15) is 30.4 Å². The van der Waals surface area contributed by atoms with Gasteiger partial charge in [-0.2, -0.15) is 13.2 Å².